The summed E-state index contributed by atoms with van der Waals surface area (Å²) < 4.78 is 40.2. The molecule has 1 N–H and O–H groups in total. The summed E-state index contributed by atoms with van der Waals surface area (Å²) in [5.74, 6) is 0.484. The number of methoxy groups -OCH3 is 2. The minimum absolute atomic E-state index is 0.0377. The molecule has 29 heavy (non-hydrogen) atoms. The smallest absolute Gasteiger partial charge is 0.328 e. The van der Waals surface area contributed by atoms with Crippen molar-refractivity contribution in [2.24, 2.45) is 0 Å². The van der Waals surface area contributed by atoms with Crippen LogP contribution in [0.4, 0.5) is 0 Å². The lowest BCUT2D eigenvalue weighted by Crippen LogP contribution is -2.28. The van der Waals surface area contributed by atoms with Gasteiger partial charge in [0.1, 0.15) is 16.5 Å². The third-order valence-corrected chi connectivity index (χ3v) is 6.43. The Morgan fingerprint density at radius 2 is 2.07 bits per heavy atom. The third kappa shape index (κ3) is 4.10. The zero-order valence-electron chi connectivity index (χ0n) is 16.3. The number of aryl methyl sites for hydroxylation is 1. The van der Waals surface area contributed by atoms with Crippen molar-refractivity contribution < 1.29 is 27.8 Å². The number of ether oxygens (including phenoxy) is 2. The average molecular weight is 422 g/mol. The van der Waals surface area contributed by atoms with E-state index >= 15 is 0 Å². The zero-order valence-corrected chi connectivity index (χ0v) is 17.1. The van der Waals surface area contributed by atoms with Gasteiger partial charge in [0.2, 0.25) is 10.0 Å². The van der Waals surface area contributed by atoms with Gasteiger partial charge in [0, 0.05) is 26.1 Å². The molecule has 0 fully saturated rings. The lowest BCUT2D eigenvalue weighted by Gasteiger charge is -2.20. The average Bonchev–Trinajstić information content (AvgIpc) is 3.30. The molecule has 0 saturated carbocycles. The van der Waals surface area contributed by atoms with E-state index in [4.69, 9.17) is 14.6 Å². The molecular weight excluding hydrogens is 400 g/mol. The normalized spacial score (nSPS) is 13.8. The molecule has 0 radical (unpaired) electrons. The fourth-order valence-electron chi connectivity index (χ4n) is 3.18. The zero-order chi connectivity index (χ0) is 21.2. The number of carboxylic acids is 1. The van der Waals surface area contributed by atoms with Crippen LogP contribution < -0.4 is 9.47 Å². The number of carbonyl (C=O) groups is 1. The Hall–Kier alpha value is -2.92. The minimum atomic E-state index is -4.00. The number of hydrogen-bond acceptors (Lipinski definition) is 7. The number of fused-ring (bicyclic) bond motifs is 1. The summed E-state index contributed by atoms with van der Waals surface area (Å²) in [7, 11) is 0.159. The lowest BCUT2D eigenvalue weighted by atomic mass is 10.2. The highest BCUT2D eigenvalue weighted by Crippen LogP contribution is 2.37. The fraction of sp³-hybridized carbons (Fsp3) is 0.389. The topological polar surface area (TPSA) is 124 Å². The maximum Gasteiger partial charge on any atom is 0.328 e. The Labute approximate surface area is 168 Å². The van der Waals surface area contributed by atoms with Gasteiger partial charge in [0.05, 0.1) is 20.8 Å². The largest absolute Gasteiger partial charge is 0.493 e. The summed E-state index contributed by atoms with van der Waals surface area (Å²) in [5.41, 5.74) is 0.348. The Morgan fingerprint density at radius 1 is 1.31 bits per heavy atom. The Kier molecular flexibility index (Phi) is 5.89. The molecule has 0 unspecified atom stereocenters. The SMILES string of the molecule is COc1cc(/C=C/C(=O)O)cc(S(=O)(=O)N(C)Cc2nnc3n2CCC3)c1OC. The first-order valence-electron chi connectivity index (χ1n) is 8.82. The molecule has 2 heterocycles. The quantitative estimate of drug-likeness (QED) is 0.629. The number of rotatable bonds is 8. The van der Waals surface area contributed by atoms with E-state index in [9.17, 15) is 13.2 Å². The number of nitrogens with zero attached hydrogens (tertiary/aromatic N) is 4. The molecule has 2 aromatic rings. The van der Waals surface area contributed by atoms with Crippen molar-refractivity contribution in [2.75, 3.05) is 21.3 Å². The van der Waals surface area contributed by atoms with Gasteiger partial charge in [-0.3, -0.25) is 0 Å². The summed E-state index contributed by atoms with van der Waals surface area (Å²) >= 11 is 0. The molecule has 0 aliphatic carbocycles. The van der Waals surface area contributed by atoms with Gasteiger partial charge in [0.15, 0.2) is 11.5 Å². The maximum absolute atomic E-state index is 13.3. The molecule has 1 aromatic carbocycles. The van der Waals surface area contributed by atoms with Crippen molar-refractivity contribution in [1.29, 1.82) is 0 Å². The lowest BCUT2D eigenvalue weighted by molar-refractivity contribution is -0.131. The Bertz CT molecular complexity index is 1060. The van der Waals surface area contributed by atoms with Crippen molar-refractivity contribution in [3.63, 3.8) is 0 Å². The molecule has 0 atom stereocenters. The van der Waals surface area contributed by atoms with Crippen LogP contribution in [0.15, 0.2) is 23.1 Å². The molecular formula is C18H22N4O6S. The predicted octanol–water partition coefficient (Wildman–Crippen LogP) is 1.16. The molecule has 0 bridgehead atoms. The van der Waals surface area contributed by atoms with E-state index in [1.54, 1.807) is 0 Å². The molecule has 0 spiro atoms. The van der Waals surface area contributed by atoms with Gasteiger partial charge >= 0.3 is 5.97 Å². The van der Waals surface area contributed by atoms with Crippen molar-refractivity contribution >= 4 is 22.1 Å². The highest BCUT2D eigenvalue weighted by Gasteiger charge is 2.30. The van der Waals surface area contributed by atoms with Crippen LogP contribution in [0.25, 0.3) is 6.08 Å². The van der Waals surface area contributed by atoms with Crippen molar-refractivity contribution in [1.82, 2.24) is 19.1 Å². The predicted molar refractivity (Wildman–Crippen MR) is 103 cm³/mol. The van der Waals surface area contributed by atoms with Gasteiger partial charge < -0.3 is 19.1 Å². The van der Waals surface area contributed by atoms with Gasteiger partial charge in [-0.25, -0.2) is 13.2 Å². The van der Waals surface area contributed by atoms with E-state index < -0.39 is 16.0 Å². The number of carboxylic acid groups (broad SMARTS) is 1. The van der Waals surface area contributed by atoms with Crippen molar-refractivity contribution in [2.45, 2.75) is 30.8 Å². The van der Waals surface area contributed by atoms with Crippen molar-refractivity contribution in [3.05, 3.63) is 35.4 Å². The molecule has 3 rings (SSSR count). The van der Waals surface area contributed by atoms with Crippen molar-refractivity contribution in [3.8, 4) is 11.5 Å². The van der Waals surface area contributed by atoms with Crippen LogP contribution in [0.2, 0.25) is 0 Å². The Morgan fingerprint density at radius 3 is 2.72 bits per heavy atom. The van der Waals surface area contributed by atoms with Gasteiger partial charge in [-0.15, -0.1) is 10.2 Å². The van der Waals surface area contributed by atoms with E-state index in [0.29, 0.717) is 11.4 Å². The van der Waals surface area contributed by atoms with E-state index in [2.05, 4.69) is 10.2 Å². The second kappa shape index (κ2) is 8.21. The van der Waals surface area contributed by atoms with Gasteiger partial charge in [0.25, 0.3) is 0 Å². The molecule has 1 aliphatic heterocycles. The molecule has 0 amide bonds. The fourth-order valence-corrected chi connectivity index (χ4v) is 4.51. The molecule has 0 saturated heterocycles. The van der Waals surface area contributed by atoms with Crippen LogP contribution in [0.5, 0.6) is 11.5 Å². The van der Waals surface area contributed by atoms with Gasteiger partial charge in [-0.05, 0) is 30.2 Å². The summed E-state index contributed by atoms with van der Waals surface area (Å²) in [5, 5.41) is 17.1. The summed E-state index contributed by atoms with van der Waals surface area (Å²) in [4.78, 5) is 10.7. The first-order chi connectivity index (χ1) is 13.8. The second-order valence-corrected chi connectivity index (χ2v) is 8.49. The number of sulfonamides is 1. The number of aliphatic carboxylic acids is 1. The summed E-state index contributed by atoms with van der Waals surface area (Å²) in [6.45, 7) is 0.800. The molecule has 1 aromatic heterocycles. The number of benzene rings is 1. The monoisotopic (exact) mass is 422 g/mol. The van der Waals surface area contributed by atoms with E-state index in [1.165, 1.54) is 39.5 Å². The molecule has 1 aliphatic rings. The van der Waals surface area contributed by atoms with Crippen LogP contribution in [-0.2, 0) is 34.3 Å². The van der Waals surface area contributed by atoms with Gasteiger partial charge in [-0.1, -0.05) is 0 Å². The third-order valence-electron chi connectivity index (χ3n) is 4.62. The standard InChI is InChI=1S/C18H22N4O6S/c1-21(11-16-20-19-15-5-4-8-22(15)16)29(25,26)14-10-12(6-7-17(23)24)9-13(27-2)18(14)28-3/h6-7,9-10H,4-5,8,11H2,1-3H3,(H,23,24)/b7-6+. The first kappa shape index (κ1) is 20.8. The molecule has 10 nitrogen and oxygen atoms in total. The van der Waals surface area contributed by atoms with E-state index in [1.807, 2.05) is 4.57 Å². The maximum atomic E-state index is 13.3. The van der Waals surface area contributed by atoms with E-state index in [-0.39, 0.29) is 22.9 Å². The summed E-state index contributed by atoms with van der Waals surface area (Å²) in [6, 6.07) is 2.85. The highest BCUT2D eigenvalue weighted by atomic mass is 32.2. The number of hydrogen-bond donors (Lipinski definition) is 1. The van der Waals surface area contributed by atoms with Crippen LogP contribution in [0.3, 0.4) is 0 Å². The second-order valence-electron chi connectivity index (χ2n) is 6.47. The van der Waals surface area contributed by atoms with Crippen LogP contribution in [0, 0.1) is 0 Å². The minimum Gasteiger partial charge on any atom is -0.493 e. The van der Waals surface area contributed by atoms with Crippen LogP contribution in [-0.4, -0.2) is 59.8 Å². The molecule has 156 valence electrons. The van der Waals surface area contributed by atoms with Crippen LogP contribution in [0.1, 0.15) is 23.6 Å². The summed E-state index contributed by atoms with van der Waals surface area (Å²) in [6.07, 6.45) is 3.99. The van der Waals surface area contributed by atoms with E-state index in [0.717, 1.165) is 35.6 Å². The first-order valence-corrected chi connectivity index (χ1v) is 10.3. The van der Waals surface area contributed by atoms with Crippen LogP contribution >= 0.6 is 0 Å². The Balaban J connectivity index is 2.01. The van der Waals surface area contributed by atoms with Gasteiger partial charge in [-0.2, -0.15) is 4.31 Å². The highest BCUT2D eigenvalue weighted by molar-refractivity contribution is 7.89. The molecule has 11 heteroatoms. The number of aromatic nitrogens is 3.